The van der Waals surface area contributed by atoms with E-state index in [1.807, 2.05) is 35.2 Å². The van der Waals surface area contributed by atoms with Gasteiger partial charge in [-0.2, -0.15) is 0 Å². The van der Waals surface area contributed by atoms with Gasteiger partial charge >= 0.3 is 6.03 Å². The summed E-state index contributed by atoms with van der Waals surface area (Å²) in [5.41, 5.74) is 0.573. The maximum absolute atomic E-state index is 13.3. The minimum Gasteiger partial charge on any atom is -0.375 e. The molecule has 3 aliphatic rings. The first-order valence-corrected chi connectivity index (χ1v) is 11.5. The van der Waals surface area contributed by atoms with Crippen LogP contribution in [0, 0.1) is 5.92 Å². The zero-order valence-electron chi connectivity index (χ0n) is 18.3. The molecule has 2 heterocycles. The van der Waals surface area contributed by atoms with Crippen LogP contribution in [0.5, 0.6) is 0 Å². The second-order valence-corrected chi connectivity index (χ2v) is 9.55. The fourth-order valence-electron chi connectivity index (χ4n) is 4.82. The van der Waals surface area contributed by atoms with Crippen molar-refractivity contribution in [3.8, 4) is 0 Å². The third kappa shape index (κ3) is 4.80. The first kappa shape index (κ1) is 21.2. The van der Waals surface area contributed by atoms with Crippen molar-refractivity contribution < 1.29 is 14.3 Å². The Morgan fingerprint density at radius 2 is 1.83 bits per heavy atom. The van der Waals surface area contributed by atoms with Gasteiger partial charge in [-0.15, -0.1) is 0 Å². The summed E-state index contributed by atoms with van der Waals surface area (Å²) >= 11 is 0. The highest BCUT2D eigenvalue weighted by Gasteiger charge is 2.46. The number of nitrogens with one attached hydrogen (secondary N) is 1. The molecule has 1 aromatic carbocycles. The number of amides is 3. The second-order valence-electron chi connectivity index (χ2n) is 9.55. The van der Waals surface area contributed by atoms with Crippen LogP contribution in [0.3, 0.4) is 0 Å². The fourth-order valence-corrected chi connectivity index (χ4v) is 4.82. The average Bonchev–Trinajstić information content (AvgIpc) is 3.58. The van der Waals surface area contributed by atoms with Crippen molar-refractivity contribution >= 4 is 11.9 Å². The summed E-state index contributed by atoms with van der Waals surface area (Å²) in [6.07, 6.45) is 5.67. The first-order chi connectivity index (χ1) is 14.5. The molecule has 1 N–H and O–H groups in total. The number of carbonyl (C=O) groups excluding carboxylic acids is 2. The summed E-state index contributed by atoms with van der Waals surface area (Å²) in [5, 5.41) is 3.02. The SMILES string of the molecule is CC(C)CNC(=O)N1CCC2(CC1)CC(N(C(=O)c1ccccc1)C1CC1)CCO2. The monoisotopic (exact) mass is 413 g/mol. The Morgan fingerprint density at radius 1 is 1.13 bits per heavy atom. The average molecular weight is 414 g/mol. The molecule has 164 valence electrons. The number of urea groups is 1. The lowest BCUT2D eigenvalue weighted by molar-refractivity contribution is -0.126. The molecule has 1 atom stereocenters. The number of rotatable bonds is 5. The summed E-state index contributed by atoms with van der Waals surface area (Å²) in [7, 11) is 0. The molecular weight excluding hydrogens is 378 g/mol. The van der Waals surface area contributed by atoms with Crippen LogP contribution >= 0.6 is 0 Å². The summed E-state index contributed by atoms with van der Waals surface area (Å²) < 4.78 is 6.30. The van der Waals surface area contributed by atoms with E-state index >= 15 is 0 Å². The van der Waals surface area contributed by atoms with E-state index in [2.05, 4.69) is 24.1 Å². The number of hydrogen-bond donors (Lipinski definition) is 1. The number of likely N-dealkylation sites (tertiary alicyclic amines) is 1. The second kappa shape index (κ2) is 8.96. The van der Waals surface area contributed by atoms with Crippen LogP contribution in [0.2, 0.25) is 0 Å². The van der Waals surface area contributed by atoms with Crippen molar-refractivity contribution in [3.63, 3.8) is 0 Å². The van der Waals surface area contributed by atoms with Crippen LogP contribution in [0.4, 0.5) is 4.79 Å². The van der Waals surface area contributed by atoms with Gasteiger partial charge in [0.15, 0.2) is 0 Å². The third-order valence-corrected chi connectivity index (χ3v) is 6.68. The van der Waals surface area contributed by atoms with E-state index in [4.69, 9.17) is 4.74 Å². The Bertz CT molecular complexity index is 739. The van der Waals surface area contributed by atoms with E-state index in [1.54, 1.807) is 0 Å². The number of ether oxygens (including phenoxy) is 1. The molecule has 1 aromatic rings. The van der Waals surface area contributed by atoms with Crippen LogP contribution in [0.1, 0.15) is 62.7 Å². The lowest BCUT2D eigenvalue weighted by Gasteiger charge is -2.48. The quantitative estimate of drug-likeness (QED) is 0.801. The van der Waals surface area contributed by atoms with Crippen molar-refractivity contribution in [2.24, 2.45) is 5.92 Å². The van der Waals surface area contributed by atoms with Gasteiger partial charge in [0.05, 0.1) is 5.60 Å². The van der Waals surface area contributed by atoms with Gasteiger partial charge in [-0.1, -0.05) is 32.0 Å². The number of piperidine rings is 1. The molecule has 0 aromatic heterocycles. The molecule has 6 heteroatoms. The molecule has 2 aliphatic heterocycles. The number of carbonyl (C=O) groups is 2. The van der Waals surface area contributed by atoms with Crippen molar-refractivity contribution in [1.82, 2.24) is 15.1 Å². The molecule has 4 rings (SSSR count). The van der Waals surface area contributed by atoms with Gasteiger partial charge in [0.25, 0.3) is 5.91 Å². The molecule has 3 amide bonds. The van der Waals surface area contributed by atoms with Crippen LogP contribution in [-0.2, 0) is 4.74 Å². The van der Waals surface area contributed by atoms with E-state index in [9.17, 15) is 9.59 Å². The fraction of sp³-hybridized carbons (Fsp3) is 0.667. The summed E-state index contributed by atoms with van der Waals surface area (Å²) in [5.74, 6) is 0.605. The summed E-state index contributed by atoms with van der Waals surface area (Å²) in [4.78, 5) is 29.8. The van der Waals surface area contributed by atoms with E-state index in [0.29, 0.717) is 38.2 Å². The minimum absolute atomic E-state index is 0.0322. The first-order valence-electron chi connectivity index (χ1n) is 11.5. The Morgan fingerprint density at radius 3 is 2.47 bits per heavy atom. The standard InChI is InChI=1S/C24H35N3O3/c1-18(2)17-25-23(29)26-13-11-24(12-14-26)16-21(10-15-30-24)27(20-8-9-20)22(28)19-6-4-3-5-7-19/h3-7,18,20-21H,8-17H2,1-2H3,(H,25,29). The lowest BCUT2D eigenvalue weighted by atomic mass is 9.81. The number of nitrogens with zero attached hydrogens (tertiary/aromatic N) is 2. The van der Waals surface area contributed by atoms with Gasteiger partial charge in [0.2, 0.25) is 0 Å². The van der Waals surface area contributed by atoms with Crippen molar-refractivity contribution in [2.45, 2.75) is 70.1 Å². The van der Waals surface area contributed by atoms with Crippen LogP contribution < -0.4 is 5.32 Å². The molecule has 1 aliphatic carbocycles. The highest BCUT2D eigenvalue weighted by atomic mass is 16.5. The normalized spacial score (nSPS) is 23.4. The van der Waals surface area contributed by atoms with Gasteiger partial charge in [-0.05, 0) is 56.6 Å². The zero-order chi connectivity index (χ0) is 21.1. The Kier molecular flexibility index (Phi) is 6.32. The van der Waals surface area contributed by atoms with Gasteiger partial charge in [-0.25, -0.2) is 4.79 Å². The van der Waals surface area contributed by atoms with Crippen LogP contribution in [0.15, 0.2) is 30.3 Å². The molecule has 1 saturated carbocycles. The third-order valence-electron chi connectivity index (χ3n) is 6.68. The highest BCUT2D eigenvalue weighted by Crippen LogP contribution is 2.40. The Labute approximate surface area is 179 Å². The Hall–Kier alpha value is -2.08. The number of hydrogen-bond acceptors (Lipinski definition) is 3. The smallest absolute Gasteiger partial charge is 0.317 e. The van der Waals surface area contributed by atoms with Crippen molar-refractivity contribution in [2.75, 3.05) is 26.2 Å². The van der Waals surface area contributed by atoms with Crippen LogP contribution in [-0.4, -0.2) is 65.7 Å². The molecule has 30 heavy (non-hydrogen) atoms. The zero-order valence-corrected chi connectivity index (χ0v) is 18.3. The predicted octanol–water partition coefficient (Wildman–Crippen LogP) is 3.67. The van der Waals surface area contributed by atoms with Gasteiger partial charge in [-0.3, -0.25) is 4.79 Å². The van der Waals surface area contributed by atoms with E-state index < -0.39 is 0 Å². The lowest BCUT2D eigenvalue weighted by Crippen LogP contribution is -2.56. The molecule has 2 saturated heterocycles. The predicted molar refractivity (Wildman–Crippen MR) is 116 cm³/mol. The van der Waals surface area contributed by atoms with Gasteiger partial charge in [0.1, 0.15) is 0 Å². The maximum atomic E-state index is 13.3. The van der Waals surface area contributed by atoms with E-state index in [-0.39, 0.29) is 23.6 Å². The van der Waals surface area contributed by atoms with Crippen molar-refractivity contribution in [3.05, 3.63) is 35.9 Å². The molecule has 1 unspecified atom stereocenters. The largest absolute Gasteiger partial charge is 0.375 e. The van der Waals surface area contributed by atoms with E-state index in [1.165, 1.54) is 0 Å². The minimum atomic E-state index is -0.206. The maximum Gasteiger partial charge on any atom is 0.317 e. The van der Waals surface area contributed by atoms with E-state index in [0.717, 1.165) is 44.1 Å². The van der Waals surface area contributed by atoms with Gasteiger partial charge in [0, 0.05) is 43.9 Å². The molecule has 6 nitrogen and oxygen atoms in total. The molecular formula is C24H35N3O3. The topological polar surface area (TPSA) is 61.9 Å². The summed E-state index contributed by atoms with van der Waals surface area (Å²) in [6, 6.07) is 10.3. The van der Waals surface area contributed by atoms with Crippen LogP contribution in [0.25, 0.3) is 0 Å². The van der Waals surface area contributed by atoms with Gasteiger partial charge < -0.3 is 19.9 Å². The molecule has 1 spiro atoms. The molecule has 0 bridgehead atoms. The molecule has 3 fully saturated rings. The molecule has 0 radical (unpaired) electrons. The number of benzene rings is 1. The summed E-state index contributed by atoms with van der Waals surface area (Å²) in [6.45, 7) is 7.03. The van der Waals surface area contributed by atoms with Crippen molar-refractivity contribution in [1.29, 1.82) is 0 Å². The Balaban J connectivity index is 1.39. The highest BCUT2D eigenvalue weighted by molar-refractivity contribution is 5.94.